The molecular weight excluding hydrogens is 283 g/mol. The van der Waals surface area contributed by atoms with E-state index in [2.05, 4.69) is 26.1 Å². The highest BCUT2D eigenvalue weighted by Gasteiger charge is 2.31. The number of hydrogen-bond donors (Lipinski definition) is 1. The molecule has 1 atom stereocenters. The molecule has 0 aromatic heterocycles. The lowest BCUT2D eigenvalue weighted by atomic mass is 9.96. The van der Waals surface area contributed by atoms with Gasteiger partial charge in [0.2, 0.25) is 5.91 Å². The van der Waals surface area contributed by atoms with Crippen LogP contribution < -0.4 is 10.1 Å². The van der Waals surface area contributed by atoms with Crippen LogP contribution in [0, 0.1) is 11.2 Å². The molecule has 1 aromatic carbocycles. The Morgan fingerprint density at radius 1 is 1.41 bits per heavy atom. The van der Waals surface area contributed by atoms with Crippen LogP contribution in [-0.2, 0) is 11.3 Å². The Morgan fingerprint density at radius 3 is 2.77 bits per heavy atom. The quantitative estimate of drug-likeness (QED) is 0.909. The van der Waals surface area contributed by atoms with E-state index >= 15 is 0 Å². The van der Waals surface area contributed by atoms with Crippen molar-refractivity contribution in [2.24, 2.45) is 5.41 Å². The van der Waals surface area contributed by atoms with Gasteiger partial charge in [0.1, 0.15) is 0 Å². The largest absolute Gasteiger partial charge is 0.494 e. The van der Waals surface area contributed by atoms with Crippen LogP contribution in [-0.4, -0.2) is 37.0 Å². The number of benzene rings is 1. The average Bonchev–Trinajstić information content (AvgIpc) is 2.76. The molecule has 1 saturated heterocycles. The fraction of sp³-hybridized carbons (Fsp3) is 0.588. The van der Waals surface area contributed by atoms with Crippen molar-refractivity contribution in [3.8, 4) is 5.75 Å². The van der Waals surface area contributed by atoms with Crippen molar-refractivity contribution in [1.29, 1.82) is 0 Å². The van der Waals surface area contributed by atoms with Gasteiger partial charge in [-0.2, -0.15) is 0 Å². The Hall–Kier alpha value is -1.62. The summed E-state index contributed by atoms with van der Waals surface area (Å²) in [6.45, 7) is 8.49. The first kappa shape index (κ1) is 16.7. The zero-order chi connectivity index (χ0) is 16.3. The third-order valence-corrected chi connectivity index (χ3v) is 3.69. The van der Waals surface area contributed by atoms with E-state index in [1.165, 1.54) is 13.2 Å². The lowest BCUT2D eigenvalue weighted by Crippen LogP contribution is -2.36. The Bertz CT molecular complexity index is 540. The van der Waals surface area contributed by atoms with E-state index in [4.69, 9.17) is 4.74 Å². The highest BCUT2D eigenvalue weighted by atomic mass is 19.1. The number of hydrogen-bond acceptors (Lipinski definition) is 3. The molecule has 122 valence electrons. The second-order valence-corrected chi connectivity index (χ2v) is 7.09. The Morgan fingerprint density at radius 2 is 2.14 bits per heavy atom. The molecule has 1 aliphatic rings. The van der Waals surface area contributed by atoms with Crippen molar-refractivity contribution in [3.05, 3.63) is 29.6 Å². The maximum Gasteiger partial charge on any atom is 0.224 e. The van der Waals surface area contributed by atoms with Crippen LogP contribution in [0.25, 0.3) is 0 Å². The number of rotatable bonds is 5. The molecule has 2 rings (SSSR count). The molecule has 1 heterocycles. The summed E-state index contributed by atoms with van der Waals surface area (Å²) in [5.74, 6) is 0.0823. The van der Waals surface area contributed by atoms with Crippen LogP contribution in [0.1, 0.15) is 32.8 Å². The zero-order valence-corrected chi connectivity index (χ0v) is 13.8. The van der Waals surface area contributed by atoms with E-state index < -0.39 is 0 Å². The van der Waals surface area contributed by atoms with E-state index in [9.17, 15) is 9.18 Å². The minimum Gasteiger partial charge on any atom is -0.494 e. The number of methoxy groups -OCH3 is 1. The summed E-state index contributed by atoms with van der Waals surface area (Å²) in [4.78, 5) is 14.0. The number of likely N-dealkylation sites (tertiary alicyclic amines) is 1. The number of carbonyl (C=O) groups is 1. The molecule has 1 N–H and O–H groups in total. The van der Waals surface area contributed by atoms with E-state index in [0.29, 0.717) is 13.0 Å². The van der Waals surface area contributed by atoms with Crippen LogP contribution in [0.3, 0.4) is 0 Å². The first-order valence-electron chi connectivity index (χ1n) is 7.62. The molecule has 0 saturated carbocycles. The van der Waals surface area contributed by atoms with Gasteiger partial charge in [0.05, 0.1) is 7.11 Å². The molecule has 0 spiro atoms. The average molecular weight is 308 g/mol. The Labute approximate surface area is 131 Å². The van der Waals surface area contributed by atoms with Crippen LogP contribution in [0.5, 0.6) is 5.75 Å². The van der Waals surface area contributed by atoms with Gasteiger partial charge in [0.15, 0.2) is 11.6 Å². The van der Waals surface area contributed by atoms with Crippen molar-refractivity contribution < 1.29 is 13.9 Å². The smallest absolute Gasteiger partial charge is 0.224 e. The SMILES string of the molecule is COc1cc(CNC2CC(=O)N(CC(C)(C)C)C2)ccc1F. The molecule has 0 bridgehead atoms. The van der Waals surface area contributed by atoms with Gasteiger partial charge in [-0.05, 0) is 23.1 Å². The van der Waals surface area contributed by atoms with E-state index in [1.54, 1.807) is 12.1 Å². The van der Waals surface area contributed by atoms with Gasteiger partial charge in [-0.15, -0.1) is 0 Å². The molecular formula is C17H25FN2O2. The fourth-order valence-corrected chi connectivity index (χ4v) is 2.71. The monoisotopic (exact) mass is 308 g/mol. The number of amides is 1. The number of nitrogens with zero attached hydrogens (tertiary/aromatic N) is 1. The molecule has 0 radical (unpaired) electrons. The highest BCUT2D eigenvalue weighted by molar-refractivity contribution is 5.79. The van der Waals surface area contributed by atoms with Crippen LogP contribution in [0.15, 0.2) is 18.2 Å². The molecule has 1 unspecified atom stereocenters. The lowest BCUT2D eigenvalue weighted by molar-refractivity contribution is -0.128. The summed E-state index contributed by atoms with van der Waals surface area (Å²) in [7, 11) is 1.45. The first-order chi connectivity index (χ1) is 10.3. The molecule has 1 amide bonds. The highest BCUT2D eigenvalue weighted by Crippen LogP contribution is 2.21. The second-order valence-electron chi connectivity index (χ2n) is 7.09. The molecule has 1 aliphatic heterocycles. The summed E-state index contributed by atoms with van der Waals surface area (Å²) in [5.41, 5.74) is 1.05. The molecule has 4 nitrogen and oxygen atoms in total. The van der Waals surface area contributed by atoms with E-state index in [1.807, 2.05) is 4.90 Å². The second kappa shape index (κ2) is 6.65. The molecule has 1 aromatic rings. The first-order valence-corrected chi connectivity index (χ1v) is 7.62. The fourth-order valence-electron chi connectivity index (χ4n) is 2.71. The predicted molar refractivity (Wildman–Crippen MR) is 84.2 cm³/mol. The van der Waals surface area contributed by atoms with Gasteiger partial charge in [-0.25, -0.2) is 4.39 Å². The van der Waals surface area contributed by atoms with E-state index in [-0.39, 0.29) is 28.9 Å². The third-order valence-electron chi connectivity index (χ3n) is 3.69. The third kappa shape index (κ3) is 4.44. The minimum absolute atomic E-state index is 0.106. The number of halogens is 1. The standard InChI is InChI=1S/C17H25FN2O2/c1-17(2,3)11-20-10-13(8-16(20)21)19-9-12-5-6-14(18)15(7-12)22-4/h5-7,13,19H,8-11H2,1-4H3. The normalized spacial score (nSPS) is 18.9. The van der Waals surface area contributed by atoms with Crippen molar-refractivity contribution in [2.75, 3.05) is 20.2 Å². The van der Waals surface area contributed by atoms with Crippen LogP contribution >= 0.6 is 0 Å². The maximum absolute atomic E-state index is 13.4. The van der Waals surface area contributed by atoms with Crippen molar-refractivity contribution >= 4 is 5.91 Å². The minimum atomic E-state index is -0.362. The Kier molecular flexibility index (Phi) is 5.06. The van der Waals surface area contributed by atoms with Gasteiger partial charge in [0, 0.05) is 32.1 Å². The number of ether oxygens (including phenoxy) is 1. The summed E-state index contributed by atoms with van der Waals surface area (Å²) in [6, 6.07) is 4.97. The topological polar surface area (TPSA) is 41.6 Å². The predicted octanol–water partition coefficient (Wildman–Crippen LogP) is 2.57. The molecule has 1 fully saturated rings. The van der Waals surface area contributed by atoms with Gasteiger partial charge in [0.25, 0.3) is 0 Å². The van der Waals surface area contributed by atoms with Crippen molar-refractivity contribution in [1.82, 2.24) is 10.2 Å². The van der Waals surface area contributed by atoms with Gasteiger partial charge in [-0.3, -0.25) is 4.79 Å². The number of nitrogens with one attached hydrogen (secondary N) is 1. The van der Waals surface area contributed by atoms with Gasteiger partial charge >= 0.3 is 0 Å². The summed E-state index contributed by atoms with van der Waals surface area (Å²) < 4.78 is 18.4. The Balaban J connectivity index is 1.89. The number of carbonyl (C=O) groups excluding carboxylic acids is 1. The summed E-state index contributed by atoms with van der Waals surface area (Å²) in [6.07, 6.45) is 0.522. The van der Waals surface area contributed by atoms with E-state index in [0.717, 1.165) is 18.7 Å². The zero-order valence-electron chi connectivity index (χ0n) is 13.8. The summed E-state index contributed by atoms with van der Waals surface area (Å²) in [5, 5.41) is 3.37. The molecule has 22 heavy (non-hydrogen) atoms. The summed E-state index contributed by atoms with van der Waals surface area (Å²) >= 11 is 0. The van der Waals surface area contributed by atoms with Crippen molar-refractivity contribution in [2.45, 2.75) is 39.8 Å². The van der Waals surface area contributed by atoms with Gasteiger partial charge in [-0.1, -0.05) is 26.8 Å². The lowest BCUT2D eigenvalue weighted by Gasteiger charge is -2.26. The van der Waals surface area contributed by atoms with Crippen LogP contribution in [0.4, 0.5) is 4.39 Å². The van der Waals surface area contributed by atoms with Gasteiger partial charge < -0.3 is 15.0 Å². The van der Waals surface area contributed by atoms with Crippen molar-refractivity contribution in [3.63, 3.8) is 0 Å². The maximum atomic E-state index is 13.4. The molecule has 5 heteroatoms. The molecule has 0 aliphatic carbocycles. The van der Waals surface area contributed by atoms with Crippen LogP contribution in [0.2, 0.25) is 0 Å².